The summed E-state index contributed by atoms with van der Waals surface area (Å²) >= 11 is 1.37. The molecule has 8 nitrogen and oxygen atoms in total. The number of hydrogen-bond donors (Lipinski definition) is 4. The van der Waals surface area contributed by atoms with Crippen LogP contribution < -0.4 is 10.1 Å². The number of halogens is 3. The first-order chi connectivity index (χ1) is 15.1. The lowest BCUT2D eigenvalue weighted by Gasteiger charge is -2.25. The first-order valence-corrected chi connectivity index (χ1v) is 10.7. The predicted octanol–water partition coefficient (Wildman–Crippen LogP) is 2.27. The highest BCUT2D eigenvalue weighted by atomic mass is 32.1. The molecule has 0 amide bonds. The van der Waals surface area contributed by atoms with Gasteiger partial charge in [-0.3, -0.25) is 0 Å². The van der Waals surface area contributed by atoms with Gasteiger partial charge >= 0.3 is 12.2 Å². The van der Waals surface area contributed by atoms with Gasteiger partial charge in [0, 0.05) is 5.92 Å². The molecule has 2 aliphatic carbocycles. The molecule has 2 saturated carbocycles. The maximum absolute atomic E-state index is 12.6. The number of ether oxygens (including phenoxy) is 1. The van der Waals surface area contributed by atoms with Crippen LogP contribution in [0.15, 0.2) is 24.3 Å². The van der Waals surface area contributed by atoms with Crippen LogP contribution in [0.25, 0.3) is 20.8 Å². The maximum atomic E-state index is 12.6. The van der Waals surface area contributed by atoms with Gasteiger partial charge in [0.2, 0.25) is 0 Å². The van der Waals surface area contributed by atoms with Crippen molar-refractivity contribution >= 4 is 27.4 Å². The molecule has 4 N–H and O–H groups in total. The maximum Gasteiger partial charge on any atom is 0.422 e. The third-order valence-electron chi connectivity index (χ3n) is 5.97. The molecule has 5 unspecified atom stereocenters. The van der Waals surface area contributed by atoms with Crippen molar-refractivity contribution in [2.45, 2.75) is 43.4 Å². The summed E-state index contributed by atoms with van der Waals surface area (Å²) in [6.45, 7) is 0.0565. The molecule has 2 heterocycles. The average molecular weight is 468 g/mol. The summed E-state index contributed by atoms with van der Waals surface area (Å²) in [5.41, 5.74) is -0.0402. The van der Waals surface area contributed by atoms with Gasteiger partial charge < -0.3 is 25.4 Å². The molecule has 0 spiro atoms. The lowest BCUT2D eigenvalue weighted by Crippen LogP contribution is -2.42. The molecule has 2 aromatic heterocycles. The molecule has 170 valence electrons. The summed E-state index contributed by atoms with van der Waals surface area (Å²) in [5, 5.41) is 34.3. The fourth-order valence-corrected chi connectivity index (χ4v) is 5.36. The van der Waals surface area contributed by atoms with E-state index in [1.165, 1.54) is 11.3 Å². The number of fused-ring (bicyclic) bond motifs is 2. The number of aliphatic hydroxyl groups is 3. The molecule has 5 atom stereocenters. The molecule has 32 heavy (non-hydrogen) atoms. The van der Waals surface area contributed by atoms with Crippen LogP contribution in [0.1, 0.15) is 12.1 Å². The van der Waals surface area contributed by atoms with Crippen LogP contribution >= 0.6 is 11.3 Å². The van der Waals surface area contributed by atoms with Gasteiger partial charge in [-0.2, -0.15) is 23.1 Å². The van der Waals surface area contributed by atoms with Gasteiger partial charge in [-0.15, -0.1) is 11.3 Å². The number of aromatic nitrogens is 3. The monoisotopic (exact) mass is 468 g/mol. The SMILES string of the molecule is Cc1nc(OCC(F)(F)F)nc(NC2CC3C(O)C3(O)C2O)c1-c1nc2ccccc2s1. The van der Waals surface area contributed by atoms with Crippen molar-refractivity contribution in [3.05, 3.63) is 30.0 Å². The molecular formula is C20H19F3N4O4S. The minimum absolute atomic E-state index is 0.136. The summed E-state index contributed by atoms with van der Waals surface area (Å²) in [4.78, 5) is 12.8. The Balaban J connectivity index is 1.53. The highest BCUT2D eigenvalue weighted by Crippen LogP contribution is 2.56. The highest BCUT2D eigenvalue weighted by Gasteiger charge is 2.74. The molecule has 12 heteroatoms. The van der Waals surface area contributed by atoms with Gasteiger partial charge in [0.05, 0.1) is 33.6 Å². The number of rotatable bonds is 5. The van der Waals surface area contributed by atoms with E-state index >= 15 is 0 Å². The van der Waals surface area contributed by atoms with Crippen LogP contribution in [0.2, 0.25) is 0 Å². The van der Waals surface area contributed by atoms with Crippen molar-refractivity contribution < 1.29 is 33.2 Å². The summed E-state index contributed by atoms with van der Waals surface area (Å²) in [6, 6.07) is 6.30. The molecule has 0 radical (unpaired) electrons. The van der Waals surface area contributed by atoms with E-state index in [-0.39, 0.29) is 12.2 Å². The average Bonchev–Trinajstić information content (AvgIpc) is 3.03. The Morgan fingerprint density at radius 3 is 2.59 bits per heavy atom. The summed E-state index contributed by atoms with van der Waals surface area (Å²) in [5.74, 6) is -0.345. The van der Waals surface area contributed by atoms with Crippen LogP contribution in [0.4, 0.5) is 19.0 Å². The fraction of sp³-hybridized carbons (Fsp3) is 0.450. The van der Waals surface area contributed by atoms with E-state index < -0.39 is 48.6 Å². The van der Waals surface area contributed by atoms with Crippen LogP contribution in [-0.4, -0.2) is 66.9 Å². The lowest BCUT2D eigenvalue weighted by atomic mass is 10.1. The zero-order valence-corrected chi connectivity index (χ0v) is 17.5. The number of alkyl halides is 3. The largest absolute Gasteiger partial charge is 0.454 e. The molecule has 0 bridgehead atoms. The second-order valence-electron chi connectivity index (χ2n) is 8.08. The number of hydrogen-bond acceptors (Lipinski definition) is 9. The van der Waals surface area contributed by atoms with Crippen molar-refractivity contribution in [3.8, 4) is 16.6 Å². The number of para-hydroxylation sites is 1. The first kappa shape index (κ1) is 21.3. The Bertz CT molecular complexity index is 1160. The molecule has 5 rings (SSSR count). The minimum atomic E-state index is -4.56. The zero-order chi connectivity index (χ0) is 22.8. The number of anilines is 1. The Kier molecular flexibility index (Phi) is 4.82. The smallest absolute Gasteiger partial charge is 0.422 e. The Morgan fingerprint density at radius 1 is 1.19 bits per heavy atom. The molecule has 2 fully saturated rings. The zero-order valence-electron chi connectivity index (χ0n) is 16.7. The third-order valence-corrected chi connectivity index (χ3v) is 7.02. The van der Waals surface area contributed by atoms with Crippen LogP contribution in [0, 0.1) is 12.8 Å². The molecule has 0 saturated heterocycles. The van der Waals surface area contributed by atoms with Crippen LogP contribution in [0.5, 0.6) is 6.01 Å². The van der Waals surface area contributed by atoms with Crippen molar-refractivity contribution in [1.82, 2.24) is 15.0 Å². The minimum Gasteiger partial charge on any atom is -0.454 e. The van der Waals surface area contributed by atoms with Gasteiger partial charge in [0.15, 0.2) is 6.61 Å². The van der Waals surface area contributed by atoms with Gasteiger partial charge in [-0.25, -0.2) is 4.98 Å². The van der Waals surface area contributed by atoms with Crippen molar-refractivity contribution in [2.24, 2.45) is 5.92 Å². The number of aryl methyl sites for hydroxylation is 1. The molecular weight excluding hydrogens is 449 g/mol. The Hall–Kier alpha value is -2.54. The third kappa shape index (κ3) is 3.47. The van der Waals surface area contributed by atoms with Gasteiger partial charge in [0.25, 0.3) is 0 Å². The summed E-state index contributed by atoms with van der Waals surface area (Å²) in [7, 11) is 0. The predicted molar refractivity (Wildman–Crippen MR) is 109 cm³/mol. The van der Waals surface area contributed by atoms with Crippen molar-refractivity contribution in [2.75, 3.05) is 11.9 Å². The van der Waals surface area contributed by atoms with Gasteiger partial charge in [-0.05, 0) is 25.5 Å². The van der Waals surface area contributed by atoms with Crippen molar-refractivity contribution in [1.29, 1.82) is 0 Å². The van der Waals surface area contributed by atoms with E-state index in [1.807, 2.05) is 24.3 Å². The van der Waals surface area contributed by atoms with Crippen LogP contribution in [0.3, 0.4) is 0 Å². The number of benzene rings is 1. The topological polar surface area (TPSA) is 121 Å². The second-order valence-corrected chi connectivity index (χ2v) is 9.11. The number of thiazole rings is 1. The van der Waals surface area contributed by atoms with E-state index in [9.17, 15) is 28.5 Å². The number of nitrogens with one attached hydrogen (secondary N) is 1. The summed E-state index contributed by atoms with van der Waals surface area (Å²) < 4.78 is 43.5. The normalized spacial score (nSPS) is 29.2. The van der Waals surface area contributed by atoms with E-state index in [2.05, 4.69) is 20.3 Å². The Morgan fingerprint density at radius 2 is 1.94 bits per heavy atom. The molecule has 2 aliphatic rings. The molecule has 3 aromatic rings. The second kappa shape index (κ2) is 7.24. The summed E-state index contributed by atoms with van der Waals surface area (Å²) in [6.07, 6.45) is -6.57. The fourth-order valence-electron chi connectivity index (χ4n) is 4.29. The quantitative estimate of drug-likeness (QED) is 0.450. The molecule has 1 aromatic carbocycles. The van der Waals surface area contributed by atoms with Crippen LogP contribution in [-0.2, 0) is 0 Å². The van der Waals surface area contributed by atoms with E-state index in [1.54, 1.807) is 6.92 Å². The Labute approximate surface area is 183 Å². The number of nitrogens with zero attached hydrogens (tertiary/aromatic N) is 3. The van der Waals surface area contributed by atoms with Gasteiger partial charge in [-0.1, -0.05) is 12.1 Å². The lowest BCUT2D eigenvalue weighted by molar-refractivity contribution is -0.154. The number of aliphatic hydroxyl groups excluding tert-OH is 2. The van der Waals surface area contributed by atoms with Crippen molar-refractivity contribution in [3.63, 3.8) is 0 Å². The molecule has 0 aliphatic heterocycles. The van der Waals surface area contributed by atoms with E-state index in [4.69, 9.17) is 4.74 Å². The highest BCUT2D eigenvalue weighted by molar-refractivity contribution is 7.21. The first-order valence-electron chi connectivity index (χ1n) is 9.87. The van der Waals surface area contributed by atoms with Gasteiger partial charge in [0.1, 0.15) is 22.5 Å². The standard InChI is InChI=1S/C20H19F3N4O4S/c1-8-13(17-26-10-4-2-3-5-12(10)32-17)16(27-18(24-8)31-7-19(21,22)23)25-11-6-9-14(28)20(9,30)15(11)29/h2-5,9,11,14-15,28-30H,6-7H2,1H3,(H,24,25,27). The van der Waals surface area contributed by atoms with E-state index in [0.717, 1.165) is 10.2 Å². The van der Waals surface area contributed by atoms with E-state index in [0.29, 0.717) is 16.3 Å².